The van der Waals surface area contributed by atoms with Crippen molar-refractivity contribution in [3.8, 4) is 5.88 Å². The van der Waals surface area contributed by atoms with Gasteiger partial charge in [-0.2, -0.15) is 4.98 Å². The Labute approximate surface area is 116 Å². The molecule has 1 aromatic rings. The van der Waals surface area contributed by atoms with E-state index in [-0.39, 0.29) is 12.1 Å². The minimum atomic E-state index is 0.101. The zero-order valence-corrected chi connectivity index (χ0v) is 12.6. The summed E-state index contributed by atoms with van der Waals surface area (Å²) in [5.74, 6) is 1.87. The molecule has 2 N–H and O–H groups in total. The lowest BCUT2D eigenvalue weighted by atomic mass is 10.0. The van der Waals surface area contributed by atoms with E-state index in [0.29, 0.717) is 11.8 Å². The number of rotatable bonds is 7. The molecule has 1 aromatic heterocycles. The van der Waals surface area contributed by atoms with E-state index < -0.39 is 0 Å². The predicted octanol–water partition coefficient (Wildman–Crippen LogP) is 2.07. The lowest BCUT2D eigenvalue weighted by Crippen LogP contribution is -2.32. The van der Waals surface area contributed by atoms with Crippen LogP contribution >= 0.6 is 0 Å². The molecule has 1 unspecified atom stereocenters. The first-order valence-electron chi connectivity index (χ1n) is 6.85. The van der Waals surface area contributed by atoms with E-state index in [0.717, 1.165) is 18.8 Å². The highest BCUT2D eigenvalue weighted by Crippen LogP contribution is 2.14. The summed E-state index contributed by atoms with van der Waals surface area (Å²) in [4.78, 5) is 10.7. The molecule has 0 amide bonds. The van der Waals surface area contributed by atoms with Crippen molar-refractivity contribution in [2.75, 3.05) is 18.5 Å². The fraction of sp³-hybridized carbons (Fsp3) is 0.714. The molecule has 108 valence electrons. The first-order chi connectivity index (χ1) is 8.90. The molecule has 0 spiro atoms. The summed E-state index contributed by atoms with van der Waals surface area (Å²) in [6.07, 6.45) is 4.42. The van der Waals surface area contributed by atoms with Crippen molar-refractivity contribution in [2.24, 2.45) is 11.7 Å². The Balaban J connectivity index is 2.59. The summed E-state index contributed by atoms with van der Waals surface area (Å²) in [6.45, 7) is 9.09. The Morgan fingerprint density at radius 3 is 2.53 bits per heavy atom. The molecule has 19 heavy (non-hydrogen) atoms. The van der Waals surface area contributed by atoms with Gasteiger partial charge in [0, 0.05) is 19.6 Å². The fourth-order valence-corrected chi connectivity index (χ4v) is 1.61. The number of ether oxygens (including phenoxy) is 1. The summed E-state index contributed by atoms with van der Waals surface area (Å²) in [6, 6.07) is 0.213. The van der Waals surface area contributed by atoms with Gasteiger partial charge in [0.15, 0.2) is 5.82 Å². The number of hydrogen-bond acceptors (Lipinski definition) is 5. The van der Waals surface area contributed by atoms with Crippen LogP contribution in [0.4, 0.5) is 5.82 Å². The van der Waals surface area contributed by atoms with Crippen LogP contribution in [0.2, 0.25) is 0 Å². The van der Waals surface area contributed by atoms with Gasteiger partial charge in [-0.1, -0.05) is 13.8 Å². The molecule has 5 heteroatoms. The molecule has 0 saturated carbocycles. The summed E-state index contributed by atoms with van der Waals surface area (Å²) in [5.41, 5.74) is 6.05. The highest BCUT2D eigenvalue weighted by Gasteiger charge is 2.11. The number of nitrogens with two attached hydrogens (primary N) is 1. The molecule has 0 aliphatic heterocycles. The monoisotopic (exact) mass is 266 g/mol. The Morgan fingerprint density at radius 2 is 1.95 bits per heavy atom. The van der Waals surface area contributed by atoms with Crippen molar-refractivity contribution in [3.63, 3.8) is 0 Å². The third-order valence-electron chi connectivity index (χ3n) is 3.00. The van der Waals surface area contributed by atoms with Crippen molar-refractivity contribution in [1.82, 2.24) is 9.97 Å². The van der Waals surface area contributed by atoms with Crippen LogP contribution in [0.3, 0.4) is 0 Å². The van der Waals surface area contributed by atoms with Gasteiger partial charge in [-0.05, 0) is 26.2 Å². The molecule has 0 saturated heterocycles. The minimum Gasteiger partial charge on any atom is -0.474 e. The van der Waals surface area contributed by atoms with Crippen LogP contribution < -0.4 is 15.4 Å². The van der Waals surface area contributed by atoms with E-state index in [9.17, 15) is 0 Å². The summed E-state index contributed by atoms with van der Waals surface area (Å²) in [7, 11) is 2.00. The van der Waals surface area contributed by atoms with E-state index in [1.54, 1.807) is 12.4 Å². The van der Waals surface area contributed by atoms with Crippen LogP contribution in [-0.4, -0.2) is 35.7 Å². The maximum Gasteiger partial charge on any atom is 0.234 e. The molecule has 0 aliphatic rings. The highest BCUT2D eigenvalue weighted by atomic mass is 16.5. The van der Waals surface area contributed by atoms with E-state index in [1.807, 2.05) is 20.9 Å². The van der Waals surface area contributed by atoms with Gasteiger partial charge in [0.25, 0.3) is 0 Å². The van der Waals surface area contributed by atoms with Gasteiger partial charge < -0.3 is 15.4 Å². The van der Waals surface area contributed by atoms with Gasteiger partial charge in [-0.15, -0.1) is 0 Å². The minimum absolute atomic E-state index is 0.101. The molecule has 0 fully saturated rings. The molecule has 0 bridgehead atoms. The third-order valence-corrected chi connectivity index (χ3v) is 3.00. The molecule has 1 rings (SSSR count). The molecular weight excluding hydrogens is 240 g/mol. The van der Waals surface area contributed by atoms with Gasteiger partial charge in [0.1, 0.15) is 0 Å². The Morgan fingerprint density at radius 1 is 1.26 bits per heavy atom. The standard InChI is InChI=1S/C14H26N4O/c1-10(2)12(15)6-7-18(5)13-8-16-9-14(17-13)19-11(3)4/h8-12H,6-7,15H2,1-5H3. The van der Waals surface area contributed by atoms with Crippen molar-refractivity contribution in [3.05, 3.63) is 12.4 Å². The van der Waals surface area contributed by atoms with Crippen molar-refractivity contribution >= 4 is 5.82 Å². The molecule has 0 radical (unpaired) electrons. The van der Waals surface area contributed by atoms with Gasteiger partial charge in [0.05, 0.1) is 18.5 Å². The predicted molar refractivity (Wildman–Crippen MR) is 78.5 cm³/mol. The smallest absolute Gasteiger partial charge is 0.234 e. The molecule has 0 aliphatic carbocycles. The van der Waals surface area contributed by atoms with Gasteiger partial charge >= 0.3 is 0 Å². The Hall–Kier alpha value is -1.36. The van der Waals surface area contributed by atoms with Crippen molar-refractivity contribution < 1.29 is 4.74 Å². The summed E-state index contributed by atoms with van der Waals surface area (Å²) < 4.78 is 5.54. The zero-order valence-electron chi connectivity index (χ0n) is 12.6. The lowest BCUT2D eigenvalue weighted by molar-refractivity contribution is 0.231. The first kappa shape index (κ1) is 15.7. The quantitative estimate of drug-likeness (QED) is 0.818. The molecule has 1 heterocycles. The maximum atomic E-state index is 6.05. The van der Waals surface area contributed by atoms with E-state index >= 15 is 0 Å². The maximum absolute atomic E-state index is 6.05. The van der Waals surface area contributed by atoms with Gasteiger partial charge in [0.2, 0.25) is 5.88 Å². The van der Waals surface area contributed by atoms with Crippen LogP contribution in [0.15, 0.2) is 12.4 Å². The topological polar surface area (TPSA) is 64.3 Å². The number of nitrogens with zero attached hydrogens (tertiary/aromatic N) is 3. The molecule has 1 atom stereocenters. The second-order valence-electron chi connectivity index (χ2n) is 5.50. The Kier molecular flexibility index (Phi) is 6.02. The van der Waals surface area contributed by atoms with Crippen molar-refractivity contribution in [1.29, 1.82) is 0 Å². The number of aromatic nitrogens is 2. The van der Waals surface area contributed by atoms with Gasteiger partial charge in [-0.25, -0.2) is 0 Å². The van der Waals surface area contributed by atoms with Crippen LogP contribution in [-0.2, 0) is 0 Å². The SMILES string of the molecule is CC(C)Oc1cncc(N(C)CCC(N)C(C)C)n1. The van der Waals surface area contributed by atoms with Gasteiger partial charge in [-0.3, -0.25) is 4.98 Å². The van der Waals surface area contributed by atoms with Crippen LogP contribution in [0.1, 0.15) is 34.1 Å². The van der Waals surface area contributed by atoms with E-state index in [1.165, 1.54) is 0 Å². The number of hydrogen-bond donors (Lipinski definition) is 1. The largest absolute Gasteiger partial charge is 0.474 e. The second kappa shape index (κ2) is 7.28. The third kappa shape index (κ3) is 5.42. The zero-order chi connectivity index (χ0) is 14.4. The average molecular weight is 266 g/mol. The average Bonchev–Trinajstić information content (AvgIpc) is 2.34. The van der Waals surface area contributed by atoms with E-state index in [2.05, 4.69) is 28.7 Å². The molecular formula is C14H26N4O. The second-order valence-corrected chi connectivity index (χ2v) is 5.50. The van der Waals surface area contributed by atoms with Crippen molar-refractivity contribution in [2.45, 2.75) is 46.3 Å². The van der Waals surface area contributed by atoms with Crippen LogP contribution in [0.5, 0.6) is 5.88 Å². The van der Waals surface area contributed by atoms with Crippen LogP contribution in [0, 0.1) is 5.92 Å². The Bertz CT molecular complexity index is 381. The van der Waals surface area contributed by atoms with Crippen LogP contribution in [0.25, 0.3) is 0 Å². The summed E-state index contributed by atoms with van der Waals surface area (Å²) >= 11 is 0. The summed E-state index contributed by atoms with van der Waals surface area (Å²) in [5, 5.41) is 0. The van der Waals surface area contributed by atoms with E-state index in [4.69, 9.17) is 10.5 Å². The highest BCUT2D eigenvalue weighted by molar-refractivity contribution is 5.36. The molecule has 5 nitrogen and oxygen atoms in total. The lowest BCUT2D eigenvalue weighted by Gasteiger charge is -2.22. The fourth-order valence-electron chi connectivity index (χ4n) is 1.61. The molecule has 0 aromatic carbocycles. The first-order valence-corrected chi connectivity index (χ1v) is 6.85. The number of anilines is 1. The normalized spacial score (nSPS) is 12.8.